The normalized spacial score (nSPS) is 19.5. The lowest BCUT2D eigenvalue weighted by atomic mass is 10.3. The van der Waals surface area contributed by atoms with E-state index >= 15 is 0 Å². The van der Waals surface area contributed by atoms with E-state index < -0.39 is 0 Å². The third kappa shape index (κ3) is 3.78. The molecule has 0 aromatic carbocycles. The molecule has 1 aliphatic rings. The second-order valence-electron chi connectivity index (χ2n) is 4.62. The van der Waals surface area contributed by atoms with Crippen LogP contribution in [0.5, 0.6) is 0 Å². The van der Waals surface area contributed by atoms with Gasteiger partial charge >= 0.3 is 0 Å². The van der Waals surface area contributed by atoms with E-state index in [1.807, 2.05) is 6.07 Å². The number of ether oxygens (including phenoxy) is 2. The van der Waals surface area contributed by atoms with E-state index in [0.29, 0.717) is 12.4 Å². The maximum absolute atomic E-state index is 5.56. The highest BCUT2D eigenvalue weighted by atomic mass is 16.5. The fraction of sp³-hybridized carbons (Fsp3) is 0.692. The smallest absolute Gasteiger partial charge is 0.158 e. The van der Waals surface area contributed by atoms with E-state index in [1.165, 1.54) is 0 Å². The summed E-state index contributed by atoms with van der Waals surface area (Å²) in [6, 6.07) is 1.99. The number of nitrogens with zero attached hydrogens (tertiary/aromatic N) is 3. The molecule has 1 saturated heterocycles. The molecule has 6 heteroatoms. The summed E-state index contributed by atoms with van der Waals surface area (Å²) in [5.41, 5.74) is 0. The molecular formula is C13H22N4O2. The summed E-state index contributed by atoms with van der Waals surface area (Å²) in [6.07, 6.45) is 0.233. The zero-order chi connectivity index (χ0) is 13.7. The lowest BCUT2D eigenvalue weighted by Gasteiger charge is -2.32. The Morgan fingerprint density at radius 3 is 3.05 bits per heavy atom. The molecule has 2 rings (SSSR count). The first-order valence-corrected chi connectivity index (χ1v) is 6.70. The van der Waals surface area contributed by atoms with Gasteiger partial charge in [0.25, 0.3) is 0 Å². The zero-order valence-corrected chi connectivity index (χ0v) is 11.8. The first-order chi connectivity index (χ1) is 9.22. The summed E-state index contributed by atoms with van der Waals surface area (Å²) in [5, 5.41) is 3.23. The molecule has 0 amide bonds. The van der Waals surface area contributed by atoms with Crippen LogP contribution < -0.4 is 10.2 Å². The van der Waals surface area contributed by atoms with Gasteiger partial charge in [0, 0.05) is 32.8 Å². The van der Waals surface area contributed by atoms with E-state index in [9.17, 15) is 0 Å². The second kappa shape index (κ2) is 6.68. The third-order valence-electron chi connectivity index (χ3n) is 2.96. The highest BCUT2D eigenvalue weighted by Crippen LogP contribution is 2.19. The number of nitrogens with one attached hydrogen (secondary N) is 1. The average molecular weight is 266 g/mol. The highest BCUT2D eigenvalue weighted by molar-refractivity contribution is 5.49. The van der Waals surface area contributed by atoms with Crippen LogP contribution in [0.2, 0.25) is 0 Å². The van der Waals surface area contributed by atoms with E-state index in [1.54, 1.807) is 7.11 Å². The third-order valence-corrected chi connectivity index (χ3v) is 2.96. The van der Waals surface area contributed by atoms with Crippen LogP contribution in [0.1, 0.15) is 19.7 Å². The van der Waals surface area contributed by atoms with Crippen LogP contribution >= 0.6 is 0 Å². The molecule has 1 atom stereocenters. The SMILES string of the molecule is CCNc1cc(N2CCOC(C)C2)nc(COC)n1. The molecule has 0 spiro atoms. The van der Waals surface area contributed by atoms with Gasteiger partial charge in [0.1, 0.15) is 18.2 Å². The number of aromatic nitrogens is 2. The number of anilines is 2. The quantitative estimate of drug-likeness (QED) is 0.866. The van der Waals surface area contributed by atoms with Crippen molar-refractivity contribution in [1.29, 1.82) is 0 Å². The van der Waals surface area contributed by atoms with Crippen molar-refractivity contribution >= 4 is 11.6 Å². The molecule has 0 saturated carbocycles. The second-order valence-corrected chi connectivity index (χ2v) is 4.62. The van der Waals surface area contributed by atoms with Crippen LogP contribution in [0.4, 0.5) is 11.6 Å². The molecule has 1 fully saturated rings. The zero-order valence-electron chi connectivity index (χ0n) is 11.8. The molecule has 1 aromatic heterocycles. The largest absolute Gasteiger partial charge is 0.377 e. The van der Waals surface area contributed by atoms with Gasteiger partial charge in [0.05, 0.1) is 12.7 Å². The van der Waals surface area contributed by atoms with Crippen molar-refractivity contribution in [2.75, 3.05) is 43.6 Å². The van der Waals surface area contributed by atoms with Gasteiger partial charge in [-0.1, -0.05) is 0 Å². The molecule has 1 aromatic rings. The van der Waals surface area contributed by atoms with E-state index in [-0.39, 0.29) is 6.10 Å². The van der Waals surface area contributed by atoms with E-state index in [0.717, 1.165) is 37.9 Å². The molecule has 2 heterocycles. The van der Waals surface area contributed by atoms with Crippen LogP contribution in [-0.4, -0.2) is 49.4 Å². The maximum atomic E-state index is 5.56. The van der Waals surface area contributed by atoms with Crippen molar-refractivity contribution in [3.8, 4) is 0 Å². The Kier molecular flexibility index (Phi) is 4.93. The molecule has 6 nitrogen and oxygen atoms in total. The Hall–Kier alpha value is -1.40. The van der Waals surface area contributed by atoms with Gasteiger partial charge in [0.2, 0.25) is 0 Å². The molecule has 0 bridgehead atoms. The molecule has 19 heavy (non-hydrogen) atoms. The van der Waals surface area contributed by atoms with Crippen molar-refractivity contribution in [2.24, 2.45) is 0 Å². The van der Waals surface area contributed by atoms with E-state index in [2.05, 4.69) is 34.0 Å². The first kappa shape index (κ1) is 14.0. The van der Waals surface area contributed by atoms with Gasteiger partial charge in [-0.15, -0.1) is 0 Å². The van der Waals surface area contributed by atoms with Crippen molar-refractivity contribution in [3.05, 3.63) is 11.9 Å². The summed E-state index contributed by atoms with van der Waals surface area (Å²) in [6.45, 7) is 7.84. The minimum atomic E-state index is 0.233. The minimum Gasteiger partial charge on any atom is -0.377 e. The Balaban J connectivity index is 2.21. The number of rotatable bonds is 5. The molecule has 106 valence electrons. The Morgan fingerprint density at radius 2 is 2.37 bits per heavy atom. The van der Waals surface area contributed by atoms with Gasteiger partial charge in [-0.05, 0) is 13.8 Å². The van der Waals surface area contributed by atoms with Gasteiger partial charge in [-0.25, -0.2) is 9.97 Å². The first-order valence-electron chi connectivity index (χ1n) is 6.70. The molecule has 1 aliphatic heterocycles. The predicted molar refractivity (Wildman–Crippen MR) is 74.5 cm³/mol. The van der Waals surface area contributed by atoms with Crippen molar-refractivity contribution in [3.63, 3.8) is 0 Å². The van der Waals surface area contributed by atoms with Crippen molar-refractivity contribution in [2.45, 2.75) is 26.6 Å². The number of hydrogen-bond acceptors (Lipinski definition) is 6. The van der Waals surface area contributed by atoms with Crippen LogP contribution in [-0.2, 0) is 16.1 Å². The Morgan fingerprint density at radius 1 is 1.53 bits per heavy atom. The molecular weight excluding hydrogens is 244 g/mol. The predicted octanol–water partition coefficient (Wildman–Crippen LogP) is 1.28. The van der Waals surface area contributed by atoms with Crippen LogP contribution in [0.3, 0.4) is 0 Å². The van der Waals surface area contributed by atoms with E-state index in [4.69, 9.17) is 9.47 Å². The summed E-state index contributed by atoms with van der Waals surface area (Å²) in [7, 11) is 1.65. The monoisotopic (exact) mass is 266 g/mol. The molecule has 0 radical (unpaired) electrons. The van der Waals surface area contributed by atoms with Crippen LogP contribution in [0.25, 0.3) is 0 Å². The number of hydrogen-bond donors (Lipinski definition) is 1. The van der Waals surface area contributed by atoms with Gasteiger partial charge < -0.3 is 19.7 Å². The molecule has 1 N–H and O–H groups in total. The van der Waals surface area contributed by atoms with Crippen molar-refractivity contribution in [1.82, 2.24) is 9.97 Å². The maximum Gasteiger partial charge on any atom is 0.158 e. The van der Waals surface area contributed by atoms with Crippen LogP contribution in [0, 0.1) is 0 Å². The fourth-order valence-electron chi connectivity index (χ4n) is 2.14. The fourth-order valence-corrected chi connectivity index (χ4v) is 2.14. The summed E-state index contributed by atoms with van der Waals surface area (Å²) in [4.78, 5) is 11.2. The Bertz CT molecular complexity index is 389. The molecule has 0 aliphatic carbocycles. The average Bonchev–Trinajstić information content (AvgIpc) is 2.39. The molecule has 1 unspecified atom stereocenters. The van der Waals surface area contributed by atoms with Crippen LogP contribution in [0.15, 0.2) is 6.07 Å². The lowest BCUT2D eigenvalue weighted by Crippen LogP contribution is -2.41. The number of morpholine rings is 1. The van der Waals surface area contributed by atoms with Gasteiger partial charge in [0.15, 0.2) is 5.82 Å². The van der Waals surface area contributed by atoms with Gasteiger partial charge in [-0.2, -0.15) is 0 Å². The number of methoxy groups -OCH3 is 1. The standard InChI is InChI=1S/C13H22N4O2/c1-4-14-11-7-13(16-12(15-11)9-18-3)17-5-6-19-10(2)8-17/h7,10H,4-6,8-9H2,1-3H3,(H,14,15,16). The topological polar surface area (TPSA) is 59.5 Å². The summed E-state index contributed by atoms with van der Waals surface area (Å²) in [5.74, 6) is 2.49. The summed E-state index contributed by atoms with van der Waals surface area (Å²) >= 11 is 0. The Labute approximate surface area is 114 Å². The minimum absolute atomic E-state index is 0.233. The van der Waals surface area contributed by atoms with Gasteiger partial charge in [-0.3, -0.25) is 0 Å². The van der Waals surface area contributed by atoms with Crippen molar-refractivity contribution < 1.29 is 9.47 Å². The lowest BCUT2D eigenvalue weighted by molar-refractivity contribution is 0.0529. The highest BCUT2D eigenvalue weighted by Gasteiger charge is 2.19. The summed E-state index contributed by atoms with van der Waals surface area (Å²) < 4.78 is 10.7.